The molecule has 1 saturated heterocycles. The molecule has 1 amide bonds. The topological polar surface area (TPSA) is 45.2 Å². The van der Waals surface area contributed by atoms with Gasteiger partial charge in [-0.1, -0.05) is 6.92 Å². The van der Waals surface area contributed by atoms with Crippen molar-refractivity contribution in [2.45, 2.75) is 26.2 Å². The first-order valence-corrected chi connectivity index (χ1v) is 7.62. The molecule has 100 valence electrons. The Morgan fingerprint density at radius 2 is 2.33 bits per heavy atom. The Hall–Kier alpha value is -0.940. The molecule has 0 radical (unpaired) electrons. The van der Waals surface area contributed by atoms with Crippen LogP contribution in [-0.4, -0.2) is 42.0 Å². The van der Waals surface area contributed by atoms with E-state index in [2.05, 4.69) is 22.1 Å². The Kier molecular flexibility index (Phi) is 5.13. The summed E-state index contributed by atoms with van der Waals surface area (Å²) in [5.41, 5.74) is 2.24. The summed E-state index contributed by atoms with van der Waals surface area (Å²) in [6, 6.07) is 0. The summed E-state index contributed by atoms with van der Waals surface area (Å²) < 4.78 is 0. The molecular formula is C13H21N3OS. The average Bonchev–Trinajstić information content (AvgIpc) is 2.92. The molecule has 0 aromatic carbocycles. The third kappa shape index (κ3) is 3.78. The van der Waals surface area contributed by atoms with Gasteiger partial charge in [0.15, 0.2) is 0 Å². The van der Waals surface area contributed by atoms with Crippen LogP contribution in [0.4, 0.5) is 0 Å². The van der Waals surface area contributed by atoms with Gasteiger partial charge in [0, 0.05) is 11.9 Å². The molecule has 0 saturated carbocycles. The van der Waals surface area contributed by atoms with Gasteiger partial charge in [-0.15, -0.1) is 11.3 Å². The van der Waals surface area contributed by atoms with Crippen molar-refractivity contribution in [2.75, 3.05) is 26.2 Å². The Balaban J connectivity index is 1.68. The molecule has 18 heavy (non-hydrogen) atoms. The number of nitrogens with zero attached hydrogens (tertiary/aromatic N) is 2. The quantitative estimate of drug-likeness (QED) is 0.887. The predicted octanol–water partition coefficient (Wildman–Crippen LogP) is 1.99. The van der Waals surface area contributed by atoms with Crippen LogP contribution in [0.5, 0.6) is 0 Å². The van der Waals surface area contributed by atoms with Gasteiger partial charge in [0.05, 0.1) is 5.51 Å². The van der Waals surface area contributed by atoms with Crippen LogP contribution in [0.2, 0.25) is 0 Å². The highest BCUT2D eigenvalue weighted by atomic mass is 32.1. The second kappa shape index (κ2) is 6.85. The largest absolute Gasteiger partial charge is 0.350 e. The van der Waals surface area contributed by atoms with Crippen molar-refractivity contribution < 1.29 is 4.79 Å². The van der Waals surface area contributed by atoms with Crippen LogP contribution in [0.15, 0.2) is 10.9 Å². The zero-order valence-corrected chi connectivity index (χ0v) is 11.7. The lowest BCUT2D eigenvalue weighted by Gasteiger charge is -2.31. The molecule has 0 bridgehead atoms. The highest BCUT2D eigenvalue weighted by Gasteiger charge is 2.19. The summed E-state index contributed by atoms with van der Waals surface area (Å²) in [6.07, 6.45) is 3.61. The van der Waals surface area contributed by atoms with Gasteiger partial charge in [-0.2, -0.15) is 0 Å². The van der Waals surface area contributed by atoms with Crippen LogP contribution >= 0.6 is 11.3 Å². The Labute approximate surface area is 112 Å². The molecule has 1 aromatic heterocycles. The van der Waals surface area contributed by atoms with Crippen molar-refractivity contribution in [1.82, 2.24) is 15.2 Å². The molecule has 0 unspecified atom stereocenters. The van der Waals surface area contributed by atoms with E-state index in [0.29, 0.717) is 11.6 Å². The van der Waals surface area contributed by atoms with Gasteiger partial charge in [-0.05, 0) is 44.8 Å². The lowest BCUT2D eigenvalue weighted by molar-refractivity contribution is 0.0932. The molecule has 1 aliphatic heterocycles. The number of thiazole rings is 1. The molecule has 4 nitrogen and oxygen atoms in total. The van der Waals surface area contributed by atoms with Crippen molar-refractivity contribution >= 4 is 17.2 Å². The van der Waals surface area contributed by atoms with E-state index < -0.39 is 0 Å². The number of rotatable bonds is 5. The van der Waals surface area contributed by atoms with Gasteiger partial charge < -0.3 is 10.2 Å². The maximum Gasteiger partial charge on any atom is 0.270 e. The maximum atomic E-state index is 11.7. The first-order valence-electron chi connectivity index (χ1n) is 6.68. The molecule has 2 rings (SSSR count). The van der Waals surface area contributed by atoms with E-state index in [1.54, 1.807) is 10.9 Å². The average molecular weight is 267 g/mol. The summed E-state index contributed by atoms with van der Waals surface area (Å²) in [5, 5.41) is 4.78. The minimum atomic E-state index is -0.0350. The number of aromatic nitrogens is 1. The summed E-state index contributed by atoms with van der Waals surface area (Å²) in [6.45, 7) is 6.56. The first-order chi connectivity index (χ1) is 8.79. The number of carbonyl (C=O) groups is 1. The van der Waals surface area contributed by atoms with Crippen LogP contribution in [0.3, 0.4) is 0 Å². The maximum absolute atomic E-state index is 11.7. The van der Waals surface area contributed by atoms with Crippen molar-refractivity contribution in [2.24, 2.45) is 5.92 Å². The van der Waals surface area contributed by atoms with E-state index in [1.165, 1.54) is 50.2 Å². The third-order valence-corrected chi connectivity index (χ3v) is 4.05. The van der Waals surface area contributed by atoms with Crippen molar-refractivity contribution in [3.05, 3.63) is 16.6 Å². The predicted molar refractivity (Wildman–Crippen MR) is 73.9 cm³/mol. The SMILES string of the molecule is CCCN1CCC(CNC(=O)c2cscn2)CC1. The van der Waals surface area contributed by atoms with E-state index in [-0.39, 0.29) is 5.91 Å². The fourth-order valence-electron chi connectivity index (χ4n) is 2.38. The van der Waals surface area contributed by atoms with Crippen molar-refractivity contribution in [3.63, 3.8) is 0 Å². The van der Waals surface area contributed by atoms with Crippen LogP contribution in [-0.2, 0) is 0 Å². The minimum absolute atomic E-state index is 0.0350. The number of amides is 1. The molecular weight excluding hydrogens is 246 g/mol. The molecule has 1 aromatic rings. The molecule has 0 spiro atoms. The van der Waals surface area contributed by atoms with Gasteiger partial charge in [-0.25, -0.2) is 4.98 Å². The number of carbonyl (C=O) groups excluding carboxylic acids is 1. The zero-order chi connectivity index (χ0) is 12.8. The van der Waals surface area contributed by atoms with Gasteiger partial charge >= 0.3 is 0 Å². The summed E-state index contributed by atoms with van der Waals surface area (Å²) in [4.78, 5) is 18.3. The van der Waals surface area contributed by atoms with Crippen LogP contribution in [0, 0.1) is 5.92 Å². The highest BCUT2D eigenvalue weighted by Crippen LogP contribution is 2.16. The van der Waals surface area contributed by atoms with Gasteiger partial charge in [0.2, 0.25) is 0 Å². The number of piperidine rings is 1. The molecule has 2 heterocycles. The smallest absolute Gasteiger partial charge is 0.270 e. The normalized spacial score (nSPS) is 17.8. The molecule has 1 N–H and O–H groups in total. The second-order valence-electron chi connectivity index (χ2n) is 4.87. The first kappa shape index (κ1) is 13.5. The summed E-state index contributed by atoms with van der Waals surface area (Å²) in [7, 11) is 0. The Morgan fingerprint density at radius 1 is 1.56 bits per heavy atom. The number of likely N-dealkylation sites (tertiary alicyclic amines) is 1. The van der Waals surface area contributed by atoms with Crippen LogP contribution in [0.25, 0.3) is 0 Å². The summed E-state index contributed by atoms with van der Waals surface area (Å²) in [5.74, 6) is 0.591. The number of hydrogen-bond donors (Lipinski definition) is 1. The fraction of sp³-hybridized carbons (Fsp3) is 0.692. The highest BCUT2D eigenvalue weighted by molar-refractivity contribution is 7.07. The Bertz CT molecular complexity index is 358. The van der Waals surface area contributed by atoms with Crippen LogP contribution < -0.4 is 5.32 Å². The van der Waals surface area contributed by atoms with Crippen molar-refractivity contribution in [1.29, 1.82) is 0 Å². The van der Waals surface area contributed by atoms with E-state index >= 15 is 0 Å². The zero-order valence-electron chi connectivity index (χ0n) is 10.9. The number of nitrogens with one attached hydrogen (secondary N) is 1. The van der Waals surface area contributed by atoms with Gasteiger partial charge in [-0.3, -0.25) is 4.79 Å². The molecule has 1 aliphatic rings. The Morgan fingerprint density at radius 3 is 2.94 bits per heavy atom. The third-order valence-electron chi connectivity index (χ3n) is 3.46. The summed E-state index contributed by atoms with van der Waals surface area (Å²) >= 11 is 1.46. The van der Waals surface area contributed by atoms with E-state index in [4.69, 9.17) is 0 Å². The fourth-order valence-corrected chi connectivity index (χ4v) is 2.91. The molecule has 0 atom stereocenters. The lowest BCUT2D eigenvalue weighted by atomic mass is 9.96. The standard InChI is InChI=1S/C13H21N3OS/c1-2-5-16-6-3-11(4-7-16)8-14-13(17)12-9-18-10-15-12/h9-11H,2-8H2,1H3,(H,14,17). The van der Waals surface area contributed by atoms with E-state index in [9.17, 15) is 4.79 Å². The van der Waals surface area contributed by atoms with E-state index in [0.717, 1.165) is 6.54 Å². The van der Waals surface area contributed by atoms with Gasteiger partial charge in [0.25, 0.3) is 5.91 Å². The van der Waals surface area contributed by atoms with Crippen LogP contribution in [0.1, 0.15) is 36.7 Å². The lowest BCUT2D eigenvalue weighted by Crippen LogP contribution is -2.38. The minimum Gasteiger partial charge on any atom is -0.350 e. The molecule has 1 fully saturated rings. The van der Waals surface area contributed by atoms with Gasteiger partial charge in [0.1, 0.15) is 5.69 Å². The monoisotopic (exact) mass is 267 g/mol. The molecule has 0 aliphatic carbocycles. The van der Waals surface area contributed by atoms with Crippen molar-refractivity contribution in [3.8, 4) is 0 Å². The molecule has 5 heteroatoms. The second-order valence-corrected chi connectivity index (χ2v) is 5.59. The van der Waals surface area contributed by atoms with E-state index in [1.807, 2.05) is 0 Å². The number of hydrogen-bond acceptors (Lipinski definition) is 4.